The molecule has 1 aliphatic rings. The molecule has 1 aliphatic heterocycles. The number of piperidine rings is 1. The van der Waals surface area contributed by atoms with Gasteiger partial charge in [-0.15, -0.1) is 0 Å². The lowest BCUT2D eigenvalue weighted by Gasteiger charge is -2.31. The van der Waals surface area contributed by atoms with Crippen molar-refractivity contribution < 1.29 is 14.3 Å². The lowest BCUT2D eigenvalue weighted by atomic mass is 9.95. The molecule has 2 N–H and O–H groups in total. The van der Waals surface area contributed by atoms with E-state index < -0.39 is 0 Å². The number of likely N-dealkylation sites (tertiary alicyclic amines) is 1. The quantitative estimate of drug-likeness (QED) is 0.863. The number of rotatable bonds is 6. The average molecular weight is 342 g/mol. The van der Waals surface area contributed by atoms with Crippen molar-refractivity contribution in [2.75, 3.05) is 26.7 Å². The minimum Gasteiger partial charge on any atom is -0.497 e. The molecule has 0 bridgehead atoms. The van der Waals surface area contributed by atoms with Gasteiger partial charge in [0.25, 0.3) is 0 Å². The highest BCUT2D eigenvalue weighted by atomic mass is 16.5. The number of aromatic nitrogens is 2. The summed E-state index contributed by atoms with van der Waals surface area (Å²) in [6, 6.07) is 7.34. The molecule has 2 aromatic rings. The van der Waals surface area contributed by atoms with Crippen LogP contribution in [0.25, 0.3) is 0 Å². The van der Waals surface area contributed by atoms with Crippen molar-refractivity contribution in [1.82, 2.24) is 14.9 Å². The first-order valence-corrected chi connectivity index (χ1v) is 8.28. The van der Waals surface area contributed by atoms with E-state index in [-0.39, 0.29) is 18.4 Å². The molecule has 25 heavy (non-hydrogen) atoms. The number of ether oxygens (including phenoxy) is 2. The number of primary amides is 1. The fourth-order valence-corrected chi connectivity index (χ4v) is 3.05. The SMILES string of the molecule is COc1cccc(Oc2cncc(C3CCCN(CC(N)=O)C3)n2)c1. The van der Waals surface area contributed by atoms with Crippen LogP contribution in [0.1, 0.15) is 24.5 Å². The molecule has 7 heteroatoms. The van der Waals surface area contributed by atoms with Crippen LogP contribution in [0.3, 0.4) is 0 Å². The second-order valence-electron chi connectivity index (χ2n) is 6.10. The molecule has 1 aromatic carbocycles. The number of carbonyl (C=O) groups excluding carboxylic acids is 1. The topological polar surface area (TPSA) is 90.6 Å². The Balaban J connectivity index is 1.71. The smallest absolute Gasteiger partial charge is 0.238 e. The Morgan fingerprint density at radius 1 is 1.36 bits per heavy atom. The molecule has 1 fully saturated rings. The molecule has 1 amide bonds. The number of methoxy groups -OCH3 is 1. The third-order valence-electron chi connectivity index (χ3n) is 4.20. The van der Waals surface area contributed by atoms with Gasteiger partial charge in [-0.1, -0.05) is 6.07 Å². The van der Waals surface area contributed by atoms with Crippen LogP contribution in [0.5, 0.6) is 17.4 Å². The Bertz CT molecular complexity index is 738. The minimum atomic E-state index is -0.304. The van der Waals surface area contributed by atoms with Gasteiger partial charge < -0.3 is 15.2 Å². The molecular weight excluding hydrogens is 320 g/mol. The molecule has 2 heterocycles. The van der Waals surface area contributed by atoms with Gasteiger partial charge in [0.1, 0.15) is 11.5 Å². The molecule has 1 atom stereocenters. The van der Waals surface area contributed by atoms with Gasteiger partial charge in [-0.2, -0.15) is 0 Å². The van der Waals surface area contributed by atoms with Crippen LogP contribution in [-0.4, -0.2) is 47.5 Å². The van der Waals surface area contributed by atoms with Crippen LogP contribution in [0, 0.1) is 0 Å². The van der Waals surface area contributed by atoms with E-state index in [4.69, 9.17) is 15.2 Å². The Labute approximate surface area is 146 Å². The summed E-state index contributed by atoms with van der Waals surface area (Å²) in [6.45, 7) is 1.91. The molecule has 0 saturated carbocycles. The normalized spacial score (nSPS) is 17.9. The summed E-state index contributed by atoms with van der Waals surface area (Å²) >= 11 is 0. The zero-order valence-electron chi connectivity index (χ0n) is 14.2. The van der Waals surface area contributed by atoms with Crippen molar-refractivity contribution in [3.05, 3.63) is 42.4 Å². The molecule has 1 saturated heterocycles. The van der Waals surface area contributed by atoms with Crippen molar-refractivity contribution in [2.45, 2.75) is 18.8 Å². The third-order valence-corrected chi connectivity index (χ3v) is 4.20. The van der Waals surface area contributed by atoms with E-state index in [1.54, 1.807) is 25.6 Å². The second kappa shape index (κ2) is 7.94. The Morgan fingerprint density at radius 2 is 2.20 bits per heavy atom. The fourth-order valence-electron chi connectivity index (χ4n) is 3.05. The van der Waals surface area contributed by atoms with E-state index in [1.165, 1.54) is 0 Å². The molecule has 0 spiro atoms. The first-order chi connectivity index (χ1) is 12.1. The van der Waals surface area contributed by atoms with E-state index in [2.05, 4.69) is 14.9 Å². The van der Waals surface area contributed by atoms with Crippen LogP contribution in [0.2, 0.25) is 0 Å². The van der Waals surface area contributed by atoms with Gasteiger partial charge in [0.05, 0.1) is 25.5 Å². The molecule has 1 unspecified atom stereocenters. The van der Waals surface area contributed by atoms with Gasteiger partial charge in [-0.05, 0) is 31.5 Å². The van der Waals surface area contributed by atoms with Crippen molar-refractivity contribution in [3.8, 4) is 17.4 Å². The van der Waals surface area contributed by atoms with E-state index in [9.17, 15) is 4.79 Å². The Morgan fingerprint density at radius 3 is 3.00 bits per heavy atom. The maximum Gasteiger partial charge on any atom is 0.238 e. The molecule has 1 aromatic heterocycles. The second-order valence-corrected chi connectivity index (χ2v) is 6.10. The number of carbonyl (C=O) groups is 1. The number of amides is 1. The van der Waals surface area contributed by atoms with Gasteiger partial charge in [-0.3, -0.25) is 14.7 Å². The maximum absolute atomic E-state index is 11.1. The number of hydrogen-bond acceptors (Lipinski definition) is 6. The summed E-state index contributed by atoms with van der Waals surface area (Å²) in [5, 5.41) is 0. The molecule has 3 rings (SSSR count). The highest BCUT2D eigenvalue weighted by molar-refractivity contribution is 5.75. The predicted molar refractivity (Wildman–Crippen MR) is 92.7 cm³/mol. The molecular formula is C18H22N4O3. The monoisotopic (exact) mass is 342 g/mol. The first-order valence-electron chi connectivity index (χ1n) is 8.28. The van der Waals surface area contributed by atoms with Crippen molar-refractivity contribution in [2.24, 2.45) is 5.73 Å². The fraction of sp³-hybridized carbons (Fsp3) is 0.389. The Kier molecular flexibility index (Phi) is 5.45. The van der Waals surface area contributed by atoms with Crippen LogP contribution < -0.4 is 15.2 Å². The summed E-state index contributed by atoms with van der Waals surface area (Å²) in [5.74, 6) is 1.72. The summed E-state index contributed by atoms with van der Waals surface area (Å²) < 4.78 is 11.0. The average Bonchev–Trinajstić information content (AvgIpc) is 2.62. The molecule has 7 nitrogen and oxygen atoms in total. The zero-order chi connectivity index (χ0) is 17.6. The van der Waals surface area contributed by atoms with Crippen LogP contribution in [0.4, 0.5) is 0 Å². The predicted octanol–water partition coefficient (Wildman–Crippen LogP) is 1.94. The number of benzene rings is 1. The maximum atomic E-state index is 11.1. The molecule has 132 valence electrons. The van der Waals surface area contributed by atoms with Crippen LogP contribution in [0.15, 0.2) is 36.7 Å². The number of nitrogens with zero attached hydrogens (tertiary/aromatic N) is 3. The van der Waals surface area contributed by atoms with Crippen LogP contribution in [-0.2, 0) is 4.79 Å². The van der Waals surface area contributed by atoms with Crippen molar-refractivity contribution in [3.63, 3.8) is 0 Å². The van der Waals surface area contributed by atoms with E-state index in [0.717, 1.165) is 37.4 Å². The largest absolute Gasteiger partial charge is 0.497 e. The lowest BCUT2D eigenvalue weighted by Crippen LogP contribution is -2.40. The molecule has 0 aliphatic carbocycles. The minimum absolute atomic E-state index is 0.217. The standard InChI is InChI=1S/C18H22N4O3/c1-24-14-5-2-6-15(8-14)25-18-10-20-9-16(21-18)13-4-3-7-22(11-13)12-17(19)23/h2,5-6,8-10,13H,3-4,7,11-12H2,1H3,(H2,19,23). The van der Waals surface area contributed by atoms with Gasteiger partial charge in [0.15, 0.2) is 0 Å². The van der Waals surface area contributed by atoms with Gasteiger partial charge in [0.2, 0.25) is 11.8 Å². The van der Waals surface area contributed by atoms with E-state index in [0.29, 0.717) is 11.6 Å². The lowest BCUT2D eigenvalue weighted by molar-refractivity contribution is -0.119. The van der Waals surface area contributed by atoms with Gasteiger partial charge in [0, 0.05) is 24.7 Å². The van der Waals surface area contributed by atoms with Gasteiger partial charge in [-0.25, -0.2) is 4.98 Å². The molecule has 0 radical (unpaired) electrons. The Hall–Kier alpha value is -2.67. The summed E-state index contributed by atoms with van der Waals surface area (Å²) in [6.07, 6.45) is 5.36. The number of nitrogens with two attached hydrogens (primary N) is 1. The van der Waals surface area contributed by atoms with Crippen molar-refractivity contribution >= 4 is 5.91 Å². The summed E-state index contributed by atoms with van der Waals surface area (Å²) in [7, 11) is 1.61. The van der Waals surface area contributed by atoms with Crippen LogP contribution >= 0.6 is 0 Å². The number of hydrogen-bond donors (Lipinski definition) is 1. The zero-order valence-corrected chi connectivity index (χ0v) is 14.2. The highest BCUT2D eigenvalue weighted by Crippen LogP contribution is 2.28. The van der Waals surface area contributed by atoms with Crippen molar-refractivity contribution in [1.29, 1.82) is 0 Å². The summed E-state index contributed by atoms with van der Waals surface area (Å²) in [4.78, 5) is 22.1. The van der Waals surface area contributed by atoms with E-state index in [1.807, 2.05) is 18.2 Å². The third kappa shape index (κ3) is 4.67. The first kappa shape index (κ1) is 17.2. The summed E-state index contributed by atoms with van der Waals surface area (Å²) in [5.41, 5.74) is 6.17. The van der Waals surface area contributed by atoms with Gasteiger partial charge >= 0.3 is 0 Å². The van der Waals surface area contributed by atoms with E-state index >= 15 is 0 Å². The highest BCUT2D eigenvalue weighted by Gasteiger charge is 2.23.